The Kier molecular flexibility index (Phi) is 5.69. The van der Waals surface area contributed by atoms with Crippen molar-refractivity contribution in [2.75, 3.05) is 11.9 Å². The molecule has 3 rings (SSSR count). The lowest BCUT2D eigenvalue weighted by Crippen LogP contribution is -2.34. The summed E-state index contributed by atoms with van der Waals surface area (Å²) in [7, 11) is 0. The summed E-state index contributed by atoms with van der Waals surface area (Å²) in [4.78, 5) is 16.3. The van der Waals surface area contributed by atoms with Crippen LogP contribution in [0.5, 0.6) is 0 Å². The molecule has 24 heavy (non-hydrogen) atoms. The molecule has 2 aromatic rings. The molecule has 1 aliphatic carbocycles. The van der Waals surface area contributed by atoms with Gasteiger partial charge in [0, 0.05) is 23.2 Å². The van der Waals surface area contributed by atoms with Crippen molar-refractivity contribution in [3.05, 3.63) is 51.7 Å². The maximum atomic E-state index is 12.7. The zero-order valence-corrected chi connectivity index (χ0v) is 15.4. The zero-order chi connectivity index (χ0) is 16.9. The summed E-state index contributed by atoms with van der Waals surface area (Å²) in [6, 6.07) is 11.1. The highest BCUT2D eigenvalue weighted by Crippen LogP contribution is 2.29. The molecule has 1 aromatic heterocycles. The molecule has 1 fully saturated rings. The molecule has 0 aliphatic heterocycles. The molecule has 1 saturated carbocycles. The molecule has 3 nitrogen and oxygen atoms in total. The van der Waals surface area contributed by atoms with Crippen molar-refractivity contribution in [3.63, 3.8) is 0 Å². The van der Waals surface area contributed by atoms with E-state index in [9.17, 15) is 4.79 Å². The number of nitrogens with zero attached hydrogens (tertiary/aromatic N) is 1. The van der Waals surface area contributed by atoms with Crippen LogP contribution in [0.25, 0.3) is 0 Å². The van der Waals surface area contributed by atoms with Gasteiger partial charge < -0.3 is 5.32 Å². The Morgan fingerprint density at radius 1 is 1.17 bits per heavy atom. The summed E-state index contributed by atoms with van der Waals surface area (Å²) in [6.45, 7) is 5.63. The first kappa shape index (κ1) is 17.2. The minimum atomic E-state index is 0.106. The number of hydrogen-bond donors (Lipinski definition) is 1. The SMILES string of the molecule is CCc1cccc(CC)c1NC(=O)CN(Cc1cccs1)C1CC1. The summed E-state index contributed by atoms with van der Waals surface area (Å²) < 4.78 is 0. The molecular formula is C20H26N2OS. The number of anilines is 1. The van der Waals surface area contributed by atoms with Gasteiger partial charge in [-0.25, -0.2) is 0 Å². The third-order valence-corrected chi connectivity index (χ3v) is 5.47. The first-order valence-corrected chi connectivity index (χ1v) is 9.76. The monoisotopic (exact) mass is 342 g/mol. The summed E-state index contributed by atoms with van der Waals surface area (Å²) in [6.07, 6.45) is 4.30. The van der Waals surface area contributed by atoms with Gasteiger partial charge in [0.1, 0.15) is 0 Å². The van der Waals surface area contributed by atoms with E-state index in [1.807, 2.05) is 0 Å². The van der Waals surface area contributed by atoms with E-state index < -0.39 is 0 Å². The van der Waals surface area contributed by atoms with E-state index in [0.717, 1.165) is 25.1 Å². The van der Waals surface area contributed by atoms with E-state index in [4.69, 9.17) is 0 Å². The van der Waals surface area contributed by atoms with E-state index >= 15 is 0 Å². The third-order valence-electron chi connectivity index (χ3n) is 4.61. The topological polar surface area (TPSA) is 32.3 Å². The quantitative estimate of drug-likeness (QED) is 0.767. The normalized spacial score (nSPS) is 14.1. The molecule has 0 bridgehead atoms. The van der Waals surface area contributed by atoms with E-state index in [1.54, 1.807) is 11.3 Å². The van der Waals surface area contributed by atoms with Crippen LogP contribution in [0.4, 0.5) is 5.69 Å². The number of amides is 1. The Morgan fingerprint density at radius 3 is 2.42 bits per heavy atom. The van der Waals surface area contributed by atoms with Crippen molar-refractivity contribution in [1.29, 1.82) is 0 Å². The molecule has 0 saturated heterocycles. The second kappa shape index (κ2) is 7.95. The van der Waals surface area contributed by atoms with Crippen LogP contribution in [0.15, 0.2) is 35.7 Å². The molecule has 1 heterocycles. The first-order valence-electron chi connectivity index (χ1n) is 8.88. The van der Waals surface area contributed by atoms with Crippen LogP contribution in [0.2, 0.25) is 0 Å². The number of carbonyl (C=O) groups excluding carboxylic acids is 1. The molecule has 0 spiro atoms. The number of carbonyl (C=O) groups is 1. The van der Waals surface area contributed by atoms with E-state index in [0.29, 0.717) is 12.6 Å². The minimum absolute atomic E-state index is 0.106. The fraction of sp³-hybridized carbons (Fsp3) is 0.450. The van der Waals surface area contributed by atoms with Crippen molar-refractivity contribution in [1.82, 2.24) is 4.90 Å². The molecule has 0 unspecified atom stereocenters. The number of para-hydroxylation sites is 1. The van der Waals surface area contributed by atoms with Crippen molar-refractivity contribution < 1.29 is 4.79 Å². The van der Waals surface area contributed by atoms with E-state index in [2.05, 4.69) is 59.8 Å². The first-order chi connectivity index (χ1) is 11.7. The second-order valence-corrected chi connectivity index (χ2v) is 7.45. The number of nitrogens with one attached hydrogen (secondary N) is 1. The van der Waals surface area contributed by atoms with Crippen molar-refractivity contribution >= 4 is 22.9 Å². The van der Waals surface area contributed by atoms with Crippen LogP contribution in [0.3, 0.4) is 0 Å². The highest BCUT2D eigenvalue weighted by molar-refractivity contribution is 7.09. The molecular weight excluding hydrogens is 316 g/mol. The largest absolute Gasteiger partial charge is 0.324 e. The number of aryl methyl sites for hydroxylation is 2. The summed E-state index contributed by atoms with van der Waals surface area (Å²) in [5.74, 6) is 0.106. The Hall–Kier alpha value is -1.65. The maximum absolute atomic E-state index is 12.7. The Balaban J connectivity index is 1.68. The molecule has 0 atom stereocenters. The van der Waals surface area contributed by atoms with Gasteiger partial charge in [-0.05, 0) is 48.3 Å². The predicted octanol–water partition coefficient (Wildman–Crippen LogP) is 4.48. The van der Waals surface area contributed by atoms with E-state index in [1.165, 1.54) is 28.8 Å². The Morgan fingerprint density at radius 2 is 1.88 bits per heavy atom. The van der Waals surface area contributed by atoms with Crippen LogP contribution < -0.4 is 5.32 Å². The average molecular weight is 343 g/mol. The van der Waals surface area contributed by atoms with Gasteiger partial charge in [-0.15, -0.1) is 11.3 Å². The fourth-order valence-corrected chi connectivity index (χ4v) is 3.85. The van der Waals surface area contributed by atoms with Gasteiger partial charge in [-0.2, -0.15) is 0 Å². The number of rotatable bonds is 8. The van der Waals surface area contributed by atoms with Crippen LogP contribution in [-0.4, -0.2) is 23.4 Å². The van der Waals surface area contributed by atoms with Crippen LogP contribution in [0.1, 0.15) is 42.7 Å². The van der Waals surface area contributed by atoms with Crippen molar-refractivity contribution in [2.45, 2.75) is 52.1 Å². The van der Waals surface area contributed by atoms with Crippen molar-refractivity contribution in [3.8, 4) is 0 Å². The van der Waals surface area contributed by atoms with Gasteiger partial charge in [0.15, 0.2) is 0 Å². The number of benzene rings is 1. The van der Waals surface area contributed by atoms with Crippen LogP contribution >= 0.6 is 11.3 Å². The van der Waals surface area contributed by atoms with Gasteiger partial charge in [0.2, 0.25) is 5.91 Å². The molecule has 1 aromatic carbocycles. The highest BCUT2D eigenvalue weighted by Gasteiger charge is 2.30. The molecule has 128 valence electrons. The molecule has 4 heteroatoms. The Bertz CT molecular complexity index is 655. The van der Waals surface area contributed by atoms with Gasteiger partial charge in [-0.1, -0.05) is 38.1 Å². The average Bonchev–Trinajstić information content (AvgIpc) is 3.32. The lowest BCUT2D eigenvalue weighted by molar-refractivity contribution is -0.117. The zero-order valence-electron chi connectivity index (χ0n) is 14.5. The summed E-state index contributed by atoms with van der Waals surface area (Å²) >= 11 is 1.77. The van der Waals surface area contributed by atoms with Crippen LogP contribution in [0, 0.1) is 0 Å². The molecule has 1 amide bonds. The number of thiophene rings is 1. The summed E-state index contributed by atoms with van der Waals surface area (Å²) in [5.41, 5.74) is 3.47. The lowest BCUT2D eigenvalue weighted by Gasteiger charge is -2.22. The third kappa shape index (κ3) is 4.25. The number of hydrogen-bond acceptors (Lipinski definition) is 3. The fourth-order valence-electron chi connectivity index (χ4n) is 3.12. The smallest absolute Gasteiger partial charge is 0.238 e. The summed E-state index contributed by atoms with van der Waals surface area (Å²) in [5, 5.41) is 5.30. The molecule has 1 N–H and O–H groups in total. The van der Waals surface area contributed by atoms with Crippen molar-refractivity contribution in [2.24, 2.45) is 0 Å². The standard InChI is InChI=1S/C20H26N2OS/c1-3-15-7-5-8-16(4-2)20(15)21-19(23)14-22(17-10-11-17)13-18-9-6-12-24-18/h5-9,12,17H,3-4,10-11,13-14H2,1-2H3,(H,21,23). The maximum Gasteiger partial charge on any atom is 0.238 e. The van der Waals surface area contributed by atoms with Gasteiger partial charge >= 0.3 is 0 Å². The molecule has 1 aliphatic rings. The lowest BCUT2D eigenvalue weighted by atomic mass is 10.0. The van der Waals surface area contributed by atoms with Gasteiger partial charge in [0.25, 0.3) is 0 Å². The second-order valence-electron chi connectivity index (χ2n) is 6.42. The van der Waals surface area contributed by atoms with Gasteiger partial charge in [0.05, 0.1) is 6.54 Å². The predicted molar refractivity (Wildman–Crippen MR) is 102 cm³/mol. The van der Waals surface area contributed by atoms with Gasteiger partial charge in [-0.3, -0.25) is 9.69 Å². The minimum Gasteiger partial charge on any atom is -0.324 e. The van der Waals surface area contributed by atoms with Crippen LogP contribution in [-0.2, 0) is 24.2 Å². The molecule has 0 radical (unpaired) electrons. The highest BCUT2D eigenvalue weighted by atomic mass is 32.1. The Labute approximate surface area is 148 Å². The van der Waals surface area contributed by atoms with E-state index in [-0.39, 0.29) is 5.91 Å².